The van der Waals surface area contributed by atoms with Gasteiger partial charge in [0.1, 0.15) is 0 Å². The van der Waals surface area contributed by atoms with Crippen LogP contribution in [0, 0.1) is 11.3 Å². The van der Waals surface area contributed by atoms with E-state index in [0.717, 1.165) is 0 Å². The van der Waals surface area contributed by atoms with E-state index in [0.29, 0.717) is 18.9 Å². The van der Waals surface area contributed by atoms with Crippen molar-refractivity contribution in [3.8, 4) is 0 Å². The van der Waals surface area contributed by atoms with Crippen LogP contribution in [0.4, 0.5) is 0 Å². The molecule has 0 aromatic carbocycles. The SMILES string of the molecule is O=C1CC(CO)(C2CCC2)CN1. The zero-order chi connectivity index (χ0) is 8.60. The highest BCUT2D eigenvalue weighted by atomic mass is 16.3. The van der Waals surface area contributed by atoms with Crippen molar-refractivity contribution >= 4 is 5.91 Å². The van der Waals surface area contributed by atoms with Gasteiger partial charge < -0.3 is 10.4 Å². The Labute approximate surface area is 72.2 Å². The second kappa shape index (κ2) is 2.73. The maximum absolute atomic E-state index is 11.0. The van der Waals surface area contributed by atoms with E-state index < -0.39 is 0 Å². The van der Waals surface area contributed by atoms with Crippen LogP contribution < -0.4 is 5.32 Å². The van der Waals surface area contributed by atoms with Crippen molar-refractivity contribution in [2.24, 2.45) is 11.3 Å². The summed E-state index contributed by atoms with van der Waals surface area (Å²) in [5, 5.41) is 12.1. The van der Waals surface area contributed by atoms with E-state index in [9.17, 15) is 9.90 Å². The average Bonchev–Trinajstić information content (AvgIpc) is 2.30. The molecule has 1 unspecified atom stereocenters. The lowest BCUT2D eigenvalue weighted by molar-refractivity contribution is -0.120. The molecule has 1 aliphatic carbocycles. The zero-order valence-corrected chi connectivity index (χ0v) is 7.18. The first-order chi connectivity index (χ1) is 5.77. The van der Waals surface area contributed by atoms with E-state index in [-0.39, 0.29) is 17.9 Å². The van der Waals surface area contributed by atoms with E-state index in [1.165, 1.54) is 19.3 Å². The number of hydrogen-bond donors (Lipinski definition) is 2. The highest BCUT2D eigenvalue weighted by Gasteiger charge is 2.46. The van der Waals surface area contributed by atoms with Crippen LogP contribution in [0.5, 0.6) is 0 Å². The van der Waals surface area contributed by atoms with E-state index >= 15 is 0 Å². The lowest BCUT2D eigenvalue weighted by Gasteiger charge is -2.40. The molecular weight excluding hydrogens is 154 g/mol. The summed E-state index contributed by atoms with van der Waals surface area (Å²) in [6, 6.07) is 0. The highest BCUT2D eigenvalue weighted by molar-refractivity contribution is 5.79. The molecule has 2 rings (SSSR count). The summed E-state index contributed by atoms with van der Waals surface area (Å²) in [7, 11) is 0. The van der Waals surface area contributed by atoms with Gasteiger partial charge in [-0.15, -0.1) is 0 Å². The van der Waals surface area contributed by atoms with Crippen molar-refractivity contribution in [2.45, 2.75) is 25.7 Å². The third-order valence-corrected chi connectivity index (χ3v) is 3.44. The number of carbonyl (C=O) groups excluding carboxylic acids is 1. The second-order valence-corrected chi connectivity index (χ2v) is 4.10. The number of aliphatic hydroxyl groups is 1. The molecule has 1 saturated heterocycles. The summed E-state index contributed by atoms with van der Waals surface area (Å²) in [5.41, 5.74) is -0.102. The lowest BCUT2D eigenvalue weighted by atomic mass is 9.65. The van der Waals surface area contributed by atoms with Gasteiger partial charge in [-0.05, 0) is 18.8 Å². The molecule has 0 radical (unpaired) electrons. The molecule has 3 heteroatoms. The summed E-state index contributed by atoms with van der Waals surface area (Å²) < 4.78 is 0. The molecule has 1 saturated carbocycles. The van der Waals surface area contributed by atoms with Gasteiger partial charge in [-0.25, -0.2) is 0 Å². The minimum atomic E-state index is -0.102. The number of rotatable bonds is 2. The van der Waals surface area contributed by atoms with Crippen molar-refractivity contribution in [1.82, 2.24) is 5.32 Å². The van der Waals surface area contributed by atoms with Gasteiger partial charge in [0, 0.05) is 18.4 Å². The standard InChI is InChI=1S/C9H15NO2/c11-6-9(7-2-1-3-7)4-8(12)10-5-9/h7,11H,1-6H2,(H,10,12). The minimum Gasteiger partial charge on any atom is -0.396 e. The number of amides is 1. The molecule has 0 bridgehead atoms. The molecule has 2 aliphatic rings. The van der Waals surface area contributed by atoms with Crippen molar-refractivity contribution in [3.05, 3.63) is 0 Å². The Balaban J connectivity index is 2.08. The maximum Gasteiger partial charge on any atom is 0.220 e. The summed E-state index contributed by atoms with van der Waals surface area (Å²) >= 11 is 0. The van der Waals surface area contributed by atoms with Gasteiger partial charge in [0.2, 0.25) is 5.91 Å². The Morgan fingerprint density at radius 3 is 2.67 bits per heavy atom. The van der Waals surface area contributed by atoms with Crippen LogP contribution in [-0.4, -0.2) is 24.2 Å². The van der Waals surface area contributed by atoms with Gasteiger partial charge in [0.25, 0.3) is 0 Å². The molecule has 2 N–H and O–H groups in total. The molecule has 12 heavy (non-hydrogen) atoms. The number of hydrogen-bond acceptors (Lipinski definition) is 2. The number of carbonyl (C=O) groups is 1. The van der Waals surface area contributed by atoms with Gasteiger partial charge >= 0.3 is 0 Å². The van der Waals surface area contributed by atoms with Crippen LogP contribution in [0.25, 0.3) is 0 Å². The Morgan fingerprint density at radius 2 is 2.33 bits per heavy atom. The molecular formula is C9H15NO2. The zero-order valence-electron chi connectivity index (χ0n) is 7.18. The molecule has 1 heterocycles. The maximum atomic E-state index is 11.0. The predicted molar refractivity (Wildman–Crippen MR) is 44.5 cm³/mol. The average molecular weight is 169 g/mol. The number of aliphatic hydroxyl groups excluding tert-OH is 1. The van der Waals surface area contributed by atoms with Crippen molar-refractivity contribution < 1.29 is 9.90 Å². The Bertz CT molecular complexity index is 201. The predicted octanol–water partition coefficient (Wildman–Crippen LogP) is 0.285. The fourth-order valence-electron chi connectivity index (χ4n) is 2.27. The monoisotopic (exact) mass is 169 g/mol. The quantitative estimate of drug-likeness (QED) is 0.624. The minimum absolute atomic E-state index is 0.102. The van der Waals surface area contributed by atoms with Crippen LogP contribution in [0.3, 0.4) is 0 Å². The first-order valence-corrected chi connectivity index (χ1v) is 4.64. The van der Waals surface area contributed by atoms with E-state index in [4.69, 9.17) is 0 Å². The molecule has 1 atom stereocenters. The van der Waals surface area contributed by atoms with E-state index in [2.05, 4.69) is 5.32 Å². The molecule has 3 nitrogen and oxygen atoms in total. The molecule has 0 aromatic heterocycles. The lowest BCUT2D eigenvalue weighted by Crippen LogP contribution is -2.40. The smallest absolute Gasteiger partial charge is 0.220 e. The fraction of sp³-hybridized carbons (Fsp3) is 0.889. The normalized spacial score (nSPS) is 36.2. The summed E-state index contributed by atoms with van der Waals surface area (Å²) in [5.74, 6) is 0.692. The third kappa shape index (κ3) is 1.04. The summed E-state index contributed by atoms with van der Waals surface area (Å²) in [4.78, 5) is 11.0. The van der Waals surface area contributed by atoms with Crippen LogP contribution in [0.2, 0.25) is 0 Å². The van der Waals surface area contributed by atoms with Crippen LogP contribution >= 0.6 is 0 Å². The van der Waals surface area contributed by atoms with Gasteiger partial charge in [0.15, 0.2) is 0 Å². The first-order valence-electron chi connectivity index (χ1n) is 4.64. The van der Waals surface area contributed by atoms with Crippen LogP contribution in [0.15, 0.2) is 0 Å². The molecule has 68 valence electrons. The van der Waals surface area contributed by atoms with Gasteiger partial charge in [-0.2, -0.15) is 0 Å². The molecule has 1 aliphatic heterocycles. The third-order valence-electron chi connectivity index (χ3n) is 3.44. The molecule has 2 fully saturated rings. The summed E-state index contributed by atoms with van der Waals surface area (Å²) in [6.45, 7) is 0.851. The molecule has 0 spiro atoms. The van der Waals surface area contributed by atoms with Crippen LogP contribution in [-0.2, 0) is 4.79 Å². The largest absolute Gasteiger partial charge is 0.396 e. The van der Waals surface area contributed by atoms with Crippen molar-refractivity contribution in [1.29, 1.82) is 0 Å². The Hall–Kier alpha value is -0.570. The highest BCUT2D eigenvalue weighted by Crippen LogP contribution is 2.45. The van der Waals surface area contributed by atoms with Gasteiger partial charge in [-0.3, -0.25) is 4.79 Å². The Kier molecular flexibility index (Phi) is 1.83. The first kappa shape index (κ1) is 8.05. The molecule has 1 amide bonds. The van der Waals surface area contributed by atoms with E-state index in [1.54, 1.807) is 0 Å². The van der Waals surface area contributed by atoms with Crippen molar-refractivity contribution in [2.75, 3.05) is 13.2 Å². The Morgan fingerprint density at radius 1 is 1.58 bits per heavy atom. The summed E-state index contributed by atoms with van der Waals surface area (Å²) in [6.07, 6.45) is 4.18. The van der Waals surface area contributed by atoms with Crippen LogP contribution in [0.1, 0.15) is 25.7 Å². The topological polar surface area (TPSA) is 49.3 Å². The fourth-order valence-corrected chi connectivity index (χ4v) is 2.27. The van der Waals surface area contributed by atoms with Crippen molar-refractivity contribution in [3.63, 3.8) is 0 Å². The van der Waals surface area contributed by atoms with Gasteiger partial charge in [-0.1, -0.05) is 6.42 Å². The number of nitrogens with one attached hydrogen (secondary N) is 1. The molecule has 0 aromatic rings. The second-order valence-electron chi connectivity index (χ2n) is 4.10. The van der Waals surface area contributed by atoms with Gasteiger partial charge in [0.05, 0.1) is 6.61 Å². The van der Waals surface area contributed by atoms with E-state index in [1.807, 2.05) is 0 Å².